The van der Waals surface area contributed by atoms with E-state index in [0.29, 0.717) is 5.69 Å². The maximum Gasteiger partial charge on any atom is 0.319 e. The smallest absolute Gasteiger partial charge is 0.319 e. The fourth-order valence-corrected chi connectivity index (χ4v) is 3.15. The Morgan fingerprint density at radius 3 is 2.70 bits per heavy atom. The summed E-state index contributed by atoms with van der Waals surface area (Å²) >= 11 is 0. The van der Waals surface area contributed by atoms with Crippen molar-refractivity contribution < 1.29 is 9.18 Å². The summed E-state index contributed by atoms with van der Waals surface area (Å²) in [6, 6.07) is 5.80. The summed E-state index contributed by atoms with van der Waals surface area (Å²) in [6.45, 7) is 0.960. The molecule has 3 N–H and O–H groups in total. The van der Waals surface area contributed by atoms with Gasteiger partial charge in [-0.05, 0) is 62.9 Å². The Morgan fingerprint density at radius 1 is 1.30 bits per heavy atom. The van der Waals surface area contributed by atoms with Crippen LogP contribution in [-0.2, 0) is 0 Å². The summed E-state index contributed by atoms with van der Waals surface area (Å²) in [5.74, 6) is -0.304. The topological polar surface area (TPSA) is 53.2 Å². The molecular formula is C15H20FN3O. The number of hydrogen-bond donors (Lipinski definition) is 3. The van der Waals surface area contributed by atoms with Gasteiger partial charge < -0.3 is 16.0 Å². The lowest BCUT2D eigenvalue weighted by Gasteiger charge is -2.48. The molecule has 0 aromatic heterocycles. The number of benzene rings is 1. The monoisotopic (exact) mass is 277 g/mol. The summed E-state index contributed by atoms with van der Waals surface area (Å²) in [7, 11) is 0. The Kier molecular flexibility index (Phi) is 3.61. The standard InChI is InChI=1S/C15H20FN3O/c16-11-2-4-12(5-3-11)18-14(20)19-13-6-9-17-15(10-13)7-1-8-15/h2-5,13,17H,1,6-10H2,(H2,18,19,20). The molecule has 2 amide bonds. The van der Waals surface area contributed by atoms with Crippen LogP contribution in [-0.4, -0.2) is 24.2 Å². The van der Waals surface area contributed by atoms with Crippen LogP contribution in [0.4, 0.5) is 14.9 Å². The number of anilines is 1. The number of urea groups is 1. The van der Waals surface area contributed by atoms with Gasteiger partial charge in [-0.1, -0.05) is 0 Å². The first-order valence-corrected chi connectivity index (χ1v) is 7.23. The van der Waals surface area contributed by atoms with Gasteiger partial charge in [0.15, 0.2) is 0 Å². The summed E-state index contributed by atoms with van der Waals surface area (Å²) in [4.78, 5) is 11.9. The molecule has 1 aromatic rings. The molecule has 1 aromatic carbocycles. The highest BCUT2D eigenvalue weighted by Crippen LogP contribution is 2.38. The number of piperidine rings is 1. The average Bonchev–Trinajstić information content (AvgIpc) is 2.40. The van der Waals surface area contributed by atoms with Gasteiger partial charge in [0.25, 0.3) is 0 Å². The summed E-state index contributed by atoms with van der Waals surface area (Å²) in [5, 5.41) is 9.34. The van der Waals surface area contributed by atoms with Crippen molar-refractivity contribution in [1.82, 2.24) is 10.6 Å². The fraction of sp³-hybridized carbons (Fsp3) is 0.533. The van der Waals surface area contributed by atoms with E-state index in [0.717, 1.165) is 19.4 Å². The molecule has 0 radical (unpaired) electrons. The largest absolute Gasteiger partial charge is 0.335 e. The highest BCUT2D eigenvalue weighted by Gasteiger charge is 2.41. The molecule has 1 saturated heterocycles. The van der Waals surface area contributed by atoms with Crippen LogP contribution in [0.1, 0.15) is 32.1 Å². The SMILES string of the molecule is O=C(Nc1ccc(F)cc1)NC1CCNC2(CCC2)C1. The van der Waals surface area contributed by atoms with Crippen LogP contribution in [0.25, 0.3) is 0 Å². The Morgan fingerprint density at radius 2 is 2.05 bits per heavy atom. The lowest BCUT2D eigenvalue weighted by molar-refractivity contribution is 0.122. The van der Waals surface area contributed by atoms with Crippen LogP contribution in [0.15, 0.2) is 24.3 Å². The number of nitrogens with one attached hydrogen (secondary N) is 3. The van der Waals surface area contributed by atoms with Gasteiger partial charge in [0.2, 0.25) is 0 Å². The second-order valence-corrected chi connectivity index (χ2v) is 5.86. The molecule has 1 unspecified atom stereocenters. The molecule has 1 aliphatic heterocycles. The van der Waals surface area contributed by atoms with Crippen molar-refractivity contribution >= 4 is 11.7 Å². The first kappa shape index (κ1) is 13.4. The Balaban J connectivity index is 1.52. The van der Waals surface area contributed by atoms with E-state index >= 15 is 0 Å². The van der Waals surface area contributed by atoms with Crippen LogP contribution in [0.3, 0.4) is 0 Å². The number of halogens is 1. The fourth-order valence-electron chi connectivity index (χ4n) is 3.15. The molecule has 1 heterocycles. The van der Waals surface area contributed by atoms with Crippen molar-refractivity contribution in [3.05, 3.63) is 30.1 Å². The molecule has 2 fully saturated rings. The maximum absolute atomic E-state index is 12.8. The van der Waals surface area contributed by atoms with Crippen molar-refractivity contribution in [3.8, 4) is 0 Å². The quantitative estimate of drug-likeness (QED) is 0.778. The van der Waals surface area contributed by atoms with Gasteiger partial charge in [0.1, 0.15) is 5.82 Å². The molecule has 1 atom stereocenters. The maximum atomic E-state index is 12.8. The zero-order valence-corrected chi connectivity index (χ0v) is 11.4. The van der Waals surface area contributed by atoms with E-state index in [4.69, 9.17) is 0 Å². The van der Waals surface area contributed by atoms with Crippen molar-refractivity contribution in [1.29, 1.82) is 0 Å². The Labute approximate surface area is 118 Å². The van der Waals surface area contributed by atoms with Gasteiger partial charge >= 0.3 is 6.03 Å². The molecule has 20 heavy (non-hydrogen) atoms. The number of carbonyl (C=O) groups excluding carboxylic acids is 1. The molecule has 2 aliphatic rings. The molecule has 108 valence electrons. The summed E-state index contributed by atoms with van der Waals surface area (Å²) < 4.78 is 12.8. The highest BCUT2D eigenvalue weighted by atomic mass is 19.1. The minimum Gasteiger partial charge on any atom is -0.335 e. The van der Waals surface area contributed by atoms with Gasteiger partial charge in [-0.15, -0.1) is 0 Å². The third-order valence-electron chi connectivity index (χ3n) is 4.38. The second-order valence-electron chi connectivity index (χ2n) is 5.86. The molecule has 1 spiro atoms. The molecule has 0 bridgehead atoms. The first-order valence-electron chi connectivity index (χ1n) is 7.23. The molecular weight excluding hydrogens is 257 g/mol. The van der Waals surface area contributed by atoms with Crippen LogP contribution >= 0.6 is 0 Å². The summed E-state index contributed by atoms with van der Waals surface area (Å²) in [5.41, 5.74) is 0.877. The van der Waals surface area contributed by atoms with Gasteiger partial charge in [-0.3, -0.25) is 0 Å². The second kappa shape index (κ2) is 5.40. The van der Waals surface area contributed by atoms with Crippen molar-refractivity contribution in [2.45, 2.75) is 43.7 Å². The zero-order chi connectivity index (χ0) is 14.0. The van der Waals surface area contributed by atoms with E-state index in [1.165, 1.54) is 31.4 Å². The van der Waals surface area contributed by atoms with Crippen LogP contribution < -0.4 is 16.0 Å². The minimum atomic E-state index is -0.304. The molecule has 3 rings (SSSR count). The van der Waals surface area contributed by atoms with E-state index in [2.05, 4.69) is 16.0 Å². The van der Waals surface area contributed by atoms with Crippen LogP contribution in [0.5, 0.6) is 0 Å². The predicted molar refractivity (Wildman–Crippen MR) is 76.2 cm³/mol. The zero-order valence-electron chi connectivity index (χ0n) is 11.4. The number of carbonyl (C=O) groups is 1. The first-order chi connectivity index (χ1) is 9.65. The molecule has 1 aliphatic carbocycles. The van der Waals surface area contributed by atoms with Gasteiger partial charge in [0, 0.05) is 17.3 Å². The highest BCUT2D eigenvalue weighted by molar-refractivity contribution is 5.89. The van der Waals surface area contributed by atoms with Crippen LogP contribution in [0, 0.1) is 5.82 Å². The normalized spacial score (nSPS) is 23.9. The van der Waals surface area contributed by atoms with Gasteiger partial charge in [-0.25, -0.2) is 9.18 Å². The van der Waals surface area contributed by atoms with E-state index in [1.54, 1.807) is 12.1 Å². The summed E-state index contributed by atoms with van der Waals surface area (Å²) in [6.07, 6.45) is 5.67. The predicted octanol–water partition coefficient (Wildman–Crippen LogP) is 2.62. The van der Waals surface area contributed by atoms with E-state index in [1.807, 2.05) is 0 Å². The molecule has 1 saturated carbocycles. The van der Waals surface area contributed by atoms with E-state index < -0.39 is 0 Å². The Bertz CT molecular complexity index is 484. The number of amides is 2. The molecule has 4 nitrogen and oxygen atoms in total. The molecule has 5 heteroatoms. The number of hydrogen-bond acceptors (Lipinski definition) is 2. The van der Waals surface area contributed by atoms with Crippen molar-refractivity contribution in [2.24, 2.45) is 0 Å². The third-order valence-corrected chi connectivity index (χ3v) is 4.38. The lowest BCUT2D eigenvalue weighted by Crippen LogP contribution is -2.60. The van der Waals surface area contributed by atoms with Crippen molar-refractivity contribution in [2.75, 3.05) is 11.9 Å². The number of rotatable bonds is 2. The van der Waals surface area contributed by atoms with Crippen LogP contribution in [0.2, 0.25) is 0 Å². The Hall–Kier alpha value is -1.62. The van der Waals surface area contributed by atoms with E-state index in [9.17, 15) is 9.18 Å². The van der Waals surface area contributed by atoms with E-state index in [-0.39, 0.29) is 23.4 Å². The van der Waals surface area contributed by atoms with Gasteiger partial charge in [-0.2, -0.15) is 0 Å². The lowest BCUT2D eigenvalue weighted by atomic mass is 9.70. The average molecular weight is 277 g/mol. The minimum absolute atomic E-state index is 0.210. The van der Waals surface area contributed by atoms with Gasteiger partial charge in [0.05, 0.1) is 0 Å². The third kappa shape index (κ3) is 2.93. The van der Waals surface area contributed by atoms with Crippen molar-refractivity contribution in [3.63, 3.8) is 0 Å².